The molecule has 0 unspecified atom stereocenters. The SMILES string of the molecule is CN(CCC(=O)O)S(=O)(=O)Nc1cccc(OC(F)F)c1. The van der Waals surface area contributed by atoms with Crippen LogP contribution in [0.25, 0.3) is 0 Å². The van der Waals surface area contributed by atoms with Crippen molar-refractivity contribution < 1.29 is 31.8 Å². The lowest BCUT2D eigenvalue weighted by atomic mass is 10.3. The van der Waals surface area contributed by atoms with Gasteiger partial charge in [-0.3, -0.25) is 9.52 Å². The standard InChI is InChI=1S/C11H14F2N2O5S/c1-15(6-5-10(16)17)21(18,19)14-8-3-2-4-9(7-8)20-11(12)13/h2-4,7,11,14H,5-6H2,1H3,(H,16,17). The highest BCUT2D eigenvalue weighted by atomic mass is 32.2. The summed E-state index contributed by atoms with van der Waals surface area (Å²) in [6.07, 6.45) is -0.355. The third-order valence-electron chi connectivity index (χ3n) is 2.36. The predicted molar refractivity (Wildman–Crippen MR) is 70.5 cm³/mol. The fourth-order valence-electron chi connectivity index (χ4n) is 1.34. The van der Waals surface area contributed by atoms with Gasteiger partial charge in [0.05, 0.1) is 12.1 Å². The van der Waals surface area contributed by atoms with Crippen molar-refractivity contribution in [2.45, 2.75) is 13.0 Å². The first-order valence-corrected chi connectivity index (χ1v) is 7.15. The first-order chi connectivity index (χ1) is 9.70. The normalized spacial score (nSPS) is 11.7. The lowest BCUT2D eigenvalue weighted by molar-refractivity contribution is -0.137. The lowest BCUT2D eigenvalue weighted by Gasteiger charge is -2.17. The van der Waals surface area contributed by atoms with Crippen molar-refractivity contribution in [3.63, 3.8) is 0 Å². The van der Waals surface area contributed by atoms with Crippen molar-refractivity contribution in [3.8, 4) is 5.75 Å². The molecule has 0 saturated carbocycles. The monoisotopic (exact) mass is 324 g/mol. The Labute approximate surface area is 120 Å². The topological polar surface area (TPSA) is 95.9 Å². The molecular weight excluding hydrogens is 310 g/mol. The largest absolute Gasteiger partial charge is 0.481 e. The molecule has 0 spiro atoms. The third-order valence-corrected chi connectivity index (χ3v) is 3.85. The summed E-state index contributed by atoms with van der Waals surface area (Å²) in [5, 5.41) is 8.51. The quantitative estimate of drug-likeness (QED) is 0.752. The van der Waals surface area contributed by atoms with E-state index in [1.54, 1.807) is 0 Å². The molecule has 0 saturated heterocycles. The summed E-state index contributed by atoms with van der Waals surface area (Å²) in [5.74, 6) is -1.33. The molecule has 0 heterocycles. The molecule has 0 fully saturated rings. The Morgan fingerprint density at radius 1 is 1.48 bits per heavy atom. The highest BCUT2D eigenvalue weighted by molar-refractivity contribution is 7.90. The van der Waals surface area contributed by atoms with Gasteiger partial charge >= 0.3 is 22.8 Å². The molecule has 1 aromatic rings. The van der Waals surface area contributed by atoms with Gasteiger partial charge in [0.15, 0.2) is 0 Å². The van der Waals surface area contributed by atoms with Crippen LogP contribution in [-0.4, -0.2) is 44.0 Å². The first-order valence-electron chi connectivity index (χ1n) is 5.71. The van der Waals surface area contributed by atoms with Crippen molar-refractivity contribution in [1.82, 2.24) is 4.31 Å². The van der Waals surface area contributed by atoms with E-state index in [1.807, 2.05) is 0 Å². The van der Waals surface area contributed by atoms with Crippen LogP contribution in [0.2, 0.25) is 0 Å². The molecule has 0 aliphatic heterocycles. The number of carbonyl (C=O) groups is 1. The summed E-state index contributed by atoms with van der Waals surface area (Å²) in [5.41, 5.74) is 0.0234. The number of benzene rings is 1. The van der Waals surface area contributed by atoms with E-state index in [0.29, 0.717) is 0 Å². The van der Waals surface area contributed by atoms with Gasteiger partial charge in [-0.2, -0.15) is 21.5 Å². The number of nitrogens with one attached hydrogen (secondary N) is 1. The van der Waals surface area contributed by atoms with Crippen LogP contribution in [0.15, 0.2) is 24.3 Å². The van der Waals surface area contributed by atoms with E-state index in [9.17, 15) is 22.0 Å². The Morgan fingerprint density at radius 3 is 2.71 bits per heavy atom. The summed E-state index contributed by atoms with van der Waals surface area (Å²) in [6, 6.07) is 5.03. The number of aliphatic carboxylic acids is 1. The highest BCUT2D eigenvalue weighted by Crippen LogP contribution is 2.20. The van der Waals surface area contributed by atoms with Crippen LogP contribution in [0.3, 0.4) is 0 Å². The van der Waals surface area contributed by atoms with Gasteiger partial charge in [0.2, 0.25) is 0 Å². The lowest BCUT2D eigenvalue weighted by Crippen LogP contribution is -2.34. The van der Waals surface area contributed by atoms with Crippen LogP contribution in [0.1, 0.15) is 6.42 Å². The van der Waals surface area contributed by atoms with Crippen molar-refractivity contribution in [3.05, 3.63) is 24.3 Å². The van der Waals surface area contributed by atoms with Crippen molar-refractivity contribution in [2.75, 3.05) is 18.3 Å². The smallest absolute Gasteiger partial charge is 0.387 e. The minimum atomic E-state index is -3.98. The number of carboxylic acids is 1. The second-order valence-corrected chi connectivity index (χ2v) is 5.76. The summed E-state index contributed by atoms with van der Waals surface area (Å²) in [4.78, 5) is 10.4. The molecular formula is C11H14F2N2O5S. The number of alkyl halides is 2. The summed E-state index contributed by atoms with van der Waals surface area (Å²) in [7, 11) is -2.78. The van der Waals surface area contributed by atoms with E-state index in [2.05, 4.69) is 9.46 Å². The molecule has 0 radical (unpaired) electrons. The highest BCUT2D eigenvalue weighted by Gasteiger charge is 2.18. The summed E-state index contributed by atoms with van der Waals surface area (Å²) in [6.45, 7) is -3.24. The Morgan fingerprint density at radius 2 is 2.14 bits per heavy atom. The van der Waals surface area contributed by atoms with E-state index in [1.165, 1.54) is 25.2 Å². The summed E-state index contributed by atoms with van der Waals surface area (Å²) >= 11 is 0. The third kappa shape index (κ3) is 5.92. The molecule has 0 aliphatic carbocycles. The van der Waals surface area contributed by atoms with E-state index >= 15 is 0 Å². The number of nitrogens with zero attached hydrogens (tertiary/aromatic N) is 1. The summed E-state index contributed by atoms with van der Waals surface area (Å²) < 4.78 is 55.0. The van der Waals surface area contributed by atoms with Gasteiger partial charge in [-0.1, -0.05) is 6.07 Å². The Bertz CT molecular complexity index is 594. The van der Waals surface area contributed by atoms with E-state index in [0.717, 1.165) is 10.4 Å². The molecule has 1 rings (SSSR count). The zero-order valence-corrected chi connectivity index (χ0v) is 11.8. The predicted octanol–water partition coefficient (Wildman–Crippen LogP) is 1.35. The maximum absolute atomic E-state index is 12.1. The minimum absolute atomic E-state index is 0.0234. The molecule has 0 atom stereocenters. The molecule has 0 amide bonds. The number of hydrogen-bond acceptors (Lipinski definition) is 4. The maximum Gasteiger partial charge on any atom is 0.387 e. The molecule has 0 bridgehead atoms. The van der Waals surface area contributed by atoms with E-state index < -0.39 is 22.8 Å². The molecule has 21 heavy (non-hydrogen) atoms. The molecule has 7 nitrogen and oxygen atoms in total. The Hall–Kier alpha value is -1.94. The van der Waals surface area contributed by atoms with Crippen LogP contribution in [0, 0.1) is 0 Å². The second-order valence-electron chi connectivity index (χ2n) is 3.98. The van der Waals surface area contributed by atoms with Gasteiger partial charge in [-0.05, 0) is 12.1 Å². The van der Waals surface area contributed by atoms with Crippen LogP contribution in [-0.2, 0) is 15.0 Å². The van der Waals surface area contributed by atoms with Gasteiger partial charge in [0.25, 0.3) is 0 Å². The number of anilines is 1. The molecule has 1 aromatic carbocycles. The van der Waals surface area contributed by atoms with Crippen LogP contribution >= 0.6 is 0 Å². The van der Waals surface area contributed by atoms with Crippen molar-refractivity contribution in [2.24, 2.45) is 0 Å². The first kappa shape index (κ1) is 17.1. The average Bonchev–Trinajstić information content (AvgIpc) is 2.34. The van der Waals surface area contributed by atoms with Crippen LogP contribution in [0.4, 0.5) is 14.5 Å². The van der Waals surface area contributed by atoms with Gasteiger partial charge in [0.1, 0.15) is 5.75 Å². The fourth-order valence-corrected chi connectivity index (χ4v) is 2.25. The Kier molecular flexibility index (Phi) is 5.85. The number of ether oxygens (including phenoxy) is 1. The zero-order chi connectivity index (χ0) is 16.0. The molecule has 10 heteroatoms. The second kappa shape index (κ2) is 7.18. The number of carboxylic acid groups (broad SMARTS) is 1. The zero-order valence-electron chi connectivity index (χ0n) is 11.0. The minimum Gasteiger partial charge on any atom is -0.481 e. The number of hydrogen-bond donors (Lipinski definition) is 2. The fraction of sp³-hybridized carbons (Fsp3) is 0.364. The van der Waals surface area contributed by atoms with E-state index in [-0.39, 0.29) is 24.4 Å². The molecule has 0 aliphatic rings. The van der Waals surface area contributed by atoms with E-state index in [4.69, 9.17) is 5.11 Å². The molecule has 0 aromatic heterocycles. The van der Waals surface area contributed by atoms with Gasteiger partial charge < -0.3 is 9.84 Å². The van der Waals surface area contributed by atoms with Crippen molar-refractivity contribution >= 4 is 21.9 Å². The van der Waals surface area contributed by atoms with Gasteiger partial charge in [0, 0.05) is 19.7 Å². The van der Waals surface area contributed by atoms with Crippen molar-refractivity contribution in [1.29, 1.82) is 0 Å². The van der Waals surface area contributed by atoms with Crippen LogP contribution in [0.5, 0.6) is 5.75 Å². The number of halogens is 2. The van der Waals surface area contributed by atoms with Crippen LogP contribution < -0.4 is 9.46 Å². The number of rotatable bonds is 8. The average molecular weight is 324 g/mol. The Balaban J connectivity index is 2.76. The van der Waals surface area contributed by atoms with Gasteiger partial charge in [-0.15, -0.1) is 0 Å². The molecule has 2 N–H and O–H groups in total. The molecule has 118 valence electrons. The van der Waals surface area contributed by atoms with Gasteiger partial charge in [-0.25, -0.2) is 0 Å². The maximum atomic E-state index is 12.1.